The number of hydrogen-bond donors (Lipinski definition) is 1. The van der Waals surface area contributed by atoms with Crippen LogP contribution < -0.4 is 24.3 Å². The van der Waals surface area contributed by atoms with Crippen molar-refractivity contribution < 1.29 is 23.7 Å². The van der Waals surface area contributed by atoms with Crippen LogP contribution in [0.4, 0.5) is 0 Å². The Hall–Kier alpha value is -2.42. The Morgan fingerprint density at radius 3 is 2.30 bits per heavy atom. The van der Waals surface area contributed by atoms with E-state index < -0.39 is 0 Å². The van der Waals surface area contributed by atoms with Gasteiger partial charge in [-0.2, -0.15) is 5.10 Å². The van der Waals surface area contributed by atoms with Crippen LogP contribution in [-0.2, 0) is 4.79 Å². The molecular weight excluding hydrogens is 322 g/mol. The molecule has 1 aromatic carbocycles. The minimum absolute atomic E-state index is 0.0924. The molecule has 2 rings (SSSR count). The van der Waals surface area contributed by atoms with Crippen molar-refractivity contribution in [2.45, 2.75) is 0 Å². The van der Waals surface area contributed by atoms with Crippen LogP contribution in [-0.4, -0.2) is 51.5 Å². The molecule has 0 aromatic heterocycles. The van der Waals surface area contributed by atoms with Crippen molar-refractivity contribution in [2.24, 2.45) is 10.2 Å². The van der Waals surface area contributed by atoms with Crippen LogP contribution in [0.2, 0.25) is 0 Å². The average Bonchev–Trinajstić information content (AvgIpc) is 2.98. The van der Waals surface area contributed by atoms with E-state index in [0.717, 1.165) is 0 Å². The lowest BCUT2D eigenvalue weighted by atomic mass is 10.1. The van der Waals surface area contributed by atoms with E-state index in [1.165, 1.54) is 46.4 Å². The Balaban J connectivity index is 2.41. The molecule has 0 saturated carbocycles. The number of benzene rings is 1. The van der Waals surface area contributed by atoms with Crippen LogP contribution in [0.5, 0.6) is 23.0 Å². The van der Waals surface area contributed by atoms with Gasteiger partial charge in [0.2, 0.25) is 11.7 Å². The summed E-state index contributed by atoms with van der Waals surface area (Å²) in [6, 6.07) is 1.67. The molecule has 1 aliphatic rings. The summed E-state index contributed by atoms with van der Waals surface area (Å²) in [4.78, 5) is 11.1. The summed E-state index contributed by atoms with van der Waals surface area (Å²) in [6.45, 7) is 0. The highest BCUT2D eigenvalue weighted by atomic mass is 32.2. The molecule has 124 valence electrons. The zero-order chi connectivity index (χ0) is 16.8. The largest absolute Gasteiger partial charge is 0.496 e. The summed E-state index contributed by atoms with van der Waals surface area (Å²) in [5, 5.41) is 11.0. The van der Waals surface area contributed by atoms with E-state index in [-0.39, 0.29) is 5.91 Å². The van der Waals surface area contributed by atoms with Crippen molar-refractivity contribution in [3.8, 4) is 23.0 Å². The summed E-state index contributed by atoms with van der Waals surface area (Å²) in [6.07, 6.45) is 1.47. The molecule has 0 radical (unpaired) electrons. The molecule has 1 N–H and O–H groups in total. The summed E-state index contributed by atoms with van der Waals surface area (Å²) < 4.78 is 21.3. The average molecular weight is 339 g/mol. The van der Waals surface area contributed by atoms with Gasteiger partial charge in [-0.25, -0.2) is 0 Å². The van der Waals surface area contributed by atoms with Gasteiger partial charge < -0.3 is 24.3 Å². The number of carbonyl (C=O) groups is 1. The van der Waals surface area contributed by atoms with Crippen LogP contribution in [0, 0.1) is 0 Å². The number of amidine groups is 1. The minimum atomic E-state index is -0.0924. The van der Waals surface area contributed by atoms with E-state index in [4.69, 9.17) is 18.9 Å². The highest BCUT2D eigenvalue weighted by Crippen LogP contribution is 2.44. The molecule has 1 aliphatic heterocycles. The number of ether oxygens (including phenoxy) is 4. The summed E-state index contributed by atoms with van der Waals surface area (Å²) in [5.41, 5.74) is 0.548. The monoisotopic (exact) mass is 339 g/mol. The molecule has 0 bridgehead atoms. The molecule has 23 heavy (non-hydrogen) atoms. The summed E-state index contributed by atoms with van der Waals surface area (Å²) >= 11 is 1.29. The standard InChI is InChI=1S/C14H17N3O5S/c1-19-9-5-10(20-2)13(22-4)12(21-3)8(9)6-15-17-14-16-11(18)7-23-14/h5-6H,7H2,1-4H3,(H,16,17,18). The van der Waals surface area contributed by atoms with Crippen molar-refractivity contribution in [1.29, 1.82) is 0 Å². The lowest BCUT2D eigenvalue weighted by Crippen LogP contribution is -2.19. The SMILES string of the molecule is COc1cc(OC)c(OC)c(OC)c1C=NN=C1NC(=O)CS1. The van der Waals surface area contributed by atoms with E-state index in [1.54, 1.807) is 6.07 Å². The molecule has 8 nitrogen and oxygen atoms in total. The molecule has 0 unspecified atom stereocenters. The van der Waals surface area contributed by atoms with Crippen LogP contribution in [0.25, 0.3) is 0 Å². The lowest BCUT2D eigenvalue weighted by molar-refractivity contribution is -0.116. The van der Waals surface area contributed by atoms with Gasteiger partial charge in [0, 0.05) is 6.07 Å². The number of carbonyl (C=O) groups excluding carboxylic acids is 1. The Labute approximate surface area is 137 Å². The molecule has 9 heteroatoms. The zero-order valence-corrected chi connectivity index (χ0v) is 14.0. The van der Waals surface area contributed by atoms with Crippen LogP contribution >= 0.6 is 11.8 Å². The second-order valence-electron chi connectivity index (χ2n) is 4.25. The molecule has 1 fully saturated rings. The number of methoxy groups -OCH3 is 4. The fourth-order valence-corrected chi connectivity index (χ4v) is 2.60. The first-order valence-corrected chi connectivity index (χ1v) is 7.53. The third kappa shape index (κ3) is 3.67. The summed E-state index contributed by atoms with van der Waals surface area (Å²) in [5.74, 6) is 2.06. The Bertz CT molecular complexity index is 660. The van der Waals surface area contributed by atoms with Crippen molar-refractivity contribution in [1.82, 2.24) is 5.32 Å². The first-order valence-electron chi connectivity index (χ1n) is 6.55. The van der Waals surface area contributed by atoms with Crippen LogP contribution in [0.15, 0.2) is 16.3 Å². The third-order valence-corrected chi connectivity index (χ3v) is 3.84. The molecule has 0 spiro atoms. The molecule has 1 heterocycles. The fraction of sp³-hybridized carbons (Fsp3) is 0.357. The van der Waals surface area contributed by atoms with Crippen molar-refractivity contribution >= 4 is 29.1 Å². The smallest absolute Gasteiger partial charge is 0.236 e. The van der Waals surface area contributed by atoms with Crippen molar-refractivity contribution in [2.75, 3.05) is 34.2 Å². The maximum atomic E-state index is 11.1. The second-order valence-corrected chi connectivity index (χ2v) is 5.21. The van der Waals surface area contributed by atoms with E-state index >= 15 is 0 Å². The second kappa shape index (κ2) is 7.73. The zero-order valence-electron chi connectivity index (χ0n) is 13.2. The van der Waals surface area contributed by atoms with Gasteiger partial charge in [0.15, 0.2) is 16.7 Å². The Morgan fingerprint density at radius 1 is 1.09 bits per heavy atom. The van der Waals surface area contributed by atoms with E-state index in [2.05, 4.69) is 15.5 Å². The predicted molar refractivity (Wildman–Crippen MR) is 88.3 cm³/mol. The fourth-order valence-electron chi connectivity index (χ4n) is 1.97. The number of thioether (sulfide) groups is 1. The Kier molecular flexibility index (Phi) is 5.69. The highest BCUT2D eigenvalue weighted by molar-refractivity contribution is 8.15. The van der Waals surface area contributed by atoms with Gasteiger partial charge >= 0.3 is 0 Å². The summed E-state index contributed by atoms with van der Waals surface area (Å²) in [7, 11) is 6.07. The number of nitrogens with one attached hydrogen (secondary N) is 1. The molecular formula is C14H17N3O5S. The molecule has 0 aliphatic carbocycles. The van der Waals surface area contributed by atoms with Crippen molar-refractivity contribution in [3.05, 3.63) is 11.6 Å². The Morgan fingerprint density at radius 2 is 1.78 bits per heavy atom. The van der Waals surface area contributed by atoms with Crippen LogP contribution in [0.1, 0.15) is 5.56 Å². The highest BCUT2D eigenvalue weighted by Gasteiger charge is 2.20. The number of hydrogen-bond acceptors (Lipinski definition) is 8. The molecule has 1 saturated heterocycles. The number of rotatable bonds is 6. The van der Waals surface area contributed by atoms with Crippen molar-refractivity contribution in [3.63, 3.8) is 0 Å². The van der Waals surface area contributed by atoms with E-state index in [1.807, 2.05) is 0 Å². The van der Waals surface area contributed by atoms with Gasteiger partial charge in [-0.05, 0) is 0 Å². The molecule has 1 amide bonds. The van der Waals surface area contributed by atoms with E-state index in [0.29, 0.717) is 39.5 Å². The van der Waals surface area contributed by atoms with Crippen LogP contribution in [0.3, 0.4) is 0 Å². The lowest BCUT2D eigenvalue weighted by Gasteiger charge is -2.16. The van der Waals surface area contributed by atoms with Gasteiger partial charge in [-0.15, -0.1) is 5.10 Å². The topological polar surface area (TPSA) is 90.7 Å². The number of amides is 1. The normalized spacial score (nSPS) is 15.8. The first kappa shape index (κ1) is 16.9. The minimum Gasteiger partial charge on any atom is -0.496 e. The number of nitrogens with zero attached hydrogens (tertiary/aromatic N) is 2. The third-order valence-electron chi connectivity index (χ3n) is 2.97. The van der Waals surface area contributed by atoms with Gasteiger partial charge in [0.1, 0.15) is 5.75 Å². The van der Waals surface area contributed by atoms with Gasteiger partial charge in [0.25, 0.3) is 0 Å². The maximum absolute atomic E-state index is 11.1. The van der Waals surface area contributed by atoms with Gasteiger partial charge in [-0.3, -0.25) is 4.79 Å². The quantitative estimate of drug-likeness (QED) is 0.620. The first-order chi connectivity index (χ1) is 11.1. The molecule has 0 atom stereocenters. The van der Waals surface area contributed by atoms with Gasteiger partial charge in [0.05, 0.1) is 46.0 Å². The molecule has 1 aromatic rings. The van der Waals surface area contributed by atoms with E-state index in [9.17, 15) is 4.79 Å². The van der Waals surface area contributed by atoms with Gasteiger partial charge in [-0.1, -0.05) is 11.8 Å². The predicted octanol–water partition coefficient (Wildman–Crippen LogP) is 1.27. The maximum Gasteiger partial charge on any atom is 0.236 e.